The van der Waals surface area contributed by atoms with Gasteiger partial charge in [-0.05, 0) is 29.2 Å². The minimum atomic E-state index is -0.338. The molecule has 1 aliphatic heterocycles. The molecule has 3 rings (SSSR count). The van der Waals surface area contributed by atoms with E-state index >= 15 is 0 Å². The molecule has 1 amide bonds. The van der Waals surface area contributed by atoms with E-state index in [1.165, 1.54) is 5.56 Å². The van der Waals surface area contributed by atoms with Crippen LogP contribution in [0.25, 0.3) is 5.57 Å². The van der Waals surface area contributed by atoms with Gasteiger partial charge in [0.25, 0.3) is 5.56 Å². The second kappa shape index (κ2) is 7.79. The number of cyclic esters (lactones) is 1. The summed E-state index contributed by atoms with van der Waals surface area (Å²) in [4.78, 5) is 28.0. The van der Waals surface area contributed by atoms with Crippen molar-refractivity contribution in [3.05, 3.63) is 74.7 Å². The van der Waals surface area contributed by atoms with Gasteiger partial charge in [-0.15, -0.1) is 0 Å². The number of aromatic nitrogens is 1. The molecule has 5 nitrogen and oxygen atoms in total. The lowest BCUT2D eigenvalue weighted by Gasteiger charge is -2.14. The van der Waals surface area contributed by atoms with Crippen LogP contribution in [-0.4, -0.2) is 35.7 Å². The largest absolute Gasteiger partial charge is 0.448 e. The Hall–Kier alpha value is -2.53. The van der Waals surface area contributed by atoms with Crippen LogP contribution < -0.4 is 5.56 Å². The molecule has 2 aromatic rings. The van der Waals surface area contributed by atoms with E-state index < -0.39 is 0 Å². The third-order valence-electron chi connectivity index (χ3n) is 4.40. The monoisotopic (exact) mass is 372 g/mol. The molecule has 1 aliphatic rings. The standard InChI is InChI=1S/C20H21ClN2O3/c1-13(2)14-3-5-15(6-4-14)16(9-10-23-11-12-26-20(23)25)18-8-7-17(21)19(24)22-18/h3-9,13H,10-12H2,1-2H3,(H,22,24). The predicted octanol–water partition coefficient (Wildman–Crippen LogP) is 4.04. The molecule has 1 aromatic heterocycles. The van der Waals surface area contributed by atoms with E-state index in [-0.39, 0.29) is 16.7 Å². The Bertz CT molecular complexity index is 885. The van der Waals surface area contributed by atoms with Crippen LogP contribution >= 0.6 is 11.6 Å². The number of pyridine rings is 1. The van der Waals surface area contributed by atoms with E-state index in [0.717, 1.165) is 11.1 Å². The van der Waals surface area contributed by atoms with Crippen LogP contribution in [0.2, 0.25) is 5.02 Å². The number of hydrogen-bond acceptors (Lipinski definition) is 3. The summed E-state index contributed by atoms with van der Waals surface area (Å²) in [5.74, 6) is 0.436. The van der Waals surface area contributed by atoms with Crippen molar-refractivity contribution in [2.24, 2.45) is 0 Å². The van der Waals surface area contributed by atoms with Crippen LogP contribution in [0.5, 0.6) is 0 Å². The summed E-state index contributed by atoms with van der Waals surface area (Å²) in [7, 11) is 0. The van der Waals surface area contributed by atoms with Crippen molar-refractivity contribution in [1.29, 1.82) is 0 Å². The summed E-state index contributed by atoms with van der Waals surface area (Å²) >= 11 is 5.85. The Balaban J connectivity index is 1.98. The molecule has 26 heavy (non-hydrogen) atoms. The number of halogens is 1. The lowest BCUT2D eigenvalue weighted by atomic mass is 9.97. The SMILES string of the molecule is CC(C)c1ccc(C(=CCN2CCOC2=O)c2ccc(Cl)c(=O)[nH]2)cc1. The van der Waals surface area contributed by atoms with Crippen LogP contribution in [0.3, 0.4) is 0 Å². The maximum atomic E-state index is 11.9. The van der Waals surface area contributed by atoms with E-state index in [0.29, 0.717) is 31.3 Å². The number of amides is 1. The second-order valence-corrected chi connectivity index (χ2v) is 6.91. The Labute approximate surface area is 157 Å². The molecule has 0 unspecified atom stereocenters. The number of ether oxygens (including phenoxy) is 1. The summed E-state index contributed by atoms with van der Waals surface area (Å²) in [5.41, 5.74) is 3.35. The minimum Gasteiger partial charge on any atom is -0.448 e. The average Bonchev–Trinajstić information content (AvgIpc) is 3.03. The van der Waals surface area contributed by atoms with Gasteiger partial charge >= 0.3 is 6.09 Å². The van der Waals surface area contributed by atoms with Crippen molar-refractivity contribution in [3.63, 3.8) is 0 Å². The predicted molar refractivity (Wildman–Crippen MR) is 103 cm³/mol. The molecule has 1 fully saturated rings. The summed E-state index contributed by atoms with van der Waals surface area (Å²) < 4.78 is 4.97. The zero-order valence-electron chi connectivity index (χ0n) is 14.8. The van der Waals surface area contributed by atoms with Gasteiger partial charge in [0.2, 0.25) is 0 Å². The number of nitrogens with one attached hydrogen (secondary N) is 1. The molecule has 0 radical (unpaired) electrons. The molecule has 1 aromatic carbocycles. The number of aromatic amines is 1. The van der Waals surface area contributed by atoms with E-state index in [1.54, 1.807) is 17.0 Å². The van der Waals surface area contributed by atoms with E-state index in [2.05, 4.69) is 31.0 Å². The number of carbonyl (C=O) groups excluding carboxylic acids is 1. The fourth-order valence-corrected chi connectivity index (χ4v) is 2.95. The Morgan fingerprint density at radius 1 is 1.23 bits per heavy atom. The molecule has 1 saturated heterocycles. The second-order valence-electron chi connectivity index (χ2n) is 6.50. The molecular formula is C20H21ClN2O3. The minimum absolute atomic E-state index is 0.145. The fourth-order valence-electron chi connectivity index (χ4n) is 2.84. The normalized spacial score (nSPS) is 14.8. The van der Waals surface area contributed by atoms with Gasteiger partial charge in [0.05, 0.1) is 6.54 Å². The Morgan fingerprint density at radius 2 is 1.96 bits per heavy atom. The van der Waals surface area contributed by atoms with Crippen LogP contribution in [0.15, 0.2) is 47.3 Å². The summed E-state index contributed by atoms with van der Waals surface area (Å²) in [6.45, 7) is 5.66. The first-order chi connectivity index (χ1) is 12.5. The van der Waals surface area contributed by atoms with Gasteiger partial charge in [0.1, 0.15) is 11.6 Å². The number of carbonyl (C=O) groups is 1. The van der Waals surface area contributed by atoms with Crippen molar-refractivity contribution >= 4 is 23.3 Å². The van der Waals surface area contributed by atoms with Gasteiger partial charge in [-0.2, -0.15) is 0 Å². The zero-order chi connectivity index (χ0) is 18.7. The highest BCUT2D eigenvalue weighted by Gasteiger charge is 2.21. The molecule has 0 saturated carbocycles. The lowest BCUT2D eigenvalue weighted by molar-refractivity contribution is 0.161. The smallest absolute Gasteiger partial charge is 0.410 e. The highest BCUT2D eigenvalue weighted by Crippen LogP contribution is 2.24. The fraction of sp³-hybridized carbons (Fsp3) is 0.300. The molecule has 0 bridgehead atoms. The number of hydrogen-bond donors (Lipinski definition) is 1. The van der Waals surface area contributed by atoms with E-state index in [1.807, 2.05) is 18.2 Å². The van der Waals surface area contributed by atoms with Crippen molar-refractivity contribution < 1.29 is 9.53 Å². The zero-order valence-corrected chi connectivity index (χ0v) is 15.5. The van der Waals surface area contributed by atoms with Crippen molar-refractivity contribution in [2.75, 3.05) is 19.7 Å². The van der Waals surface area contributed by atoms with Crippen LogP contribution in [0, 0.1) is 0 Å². The molecule has 0 atom stereocenters. The molecular weight excluding hydrogens is 352 g/mol. The van der Waals surface area contributed by atoms with Gasteiger partial charge in [-0.1, -0.05) is 55.8 Å². The maximum Gasteiger partial charge on any atom is 0.410 e. The number of nitrogens with zero attached hydrogens (tertiary/aromatic N) is 1. The Kier molecular flexibility index (Phi) is 5.47. The quantitative estimate of drug-likeness (QED) is 0.861. The van der Waals surface area contributed by atoms with Crippen molar-refractivity contribution in [1.82, 2.24) is 9.88 Å². The summed E-state index contributed by atoms with van der Waals surface area (Å²) in [6.07, 6.45) is 1.61. The van der Waals surface area contributed by atoms with Gasteiger partial charge in [-0.25, -0.2) is 4.79 Å². The maximum absolute atomic E-state index is 11.9. The van der Waals surface area contributed by atoms with Crippen LogP contribution in [0.4, 0.5) is 4.79 Å². The van der Waals surface area contributed by atoms with Crippen molar-refractivity contribution in [3.8, 4) is 0 Å². The number of H-pyrrole nitrogens is 1. The van der Waals surface area contributed by atoms with Gasteiger partial charge in [-0.3, -0.25) is 4.79 Å². The van der Waals surface area contributed by atoms with Gasteiger partial charge < -0.3 is 14.6 Å². The molecule has 136 valence electrons. The molecule has 0 spiro atoms. The topological polar surface area (TPSA) is 62.4 Å². The number of rotatable bonds is 5. The molecule has 6 heteroatoms. The highest BCUT2D eigenvalue weighted by atomic mass is 35.5. The first kappa shape index (κ1) is 18.3. The summed E-state index contributed by atoms with van der Waals surface area (Å²) in [5, 5.41) is 0.145. The lowest BCUT2D eigenvalue weighted by Crippen LogP contribution is -2.24. The molecule has 1 N–H and O–H groups in total. The number of benzene rings is 1. The average molecular weight is 373 g/mol. The third kappa shape index (κ3) is 3.99. The first-order valence-corrected chi connectivity index (χ1v) is 8.95. The first-order valence-electron chi connectivity index (χ1n) is 8.57. The van der Waals surface area contributed by atoms with E-state index in [4.69, 9.17) is 16.3 Å². The summed E-state index contributed by atoms with van der Waals surface area (Å²) in [6, 6.07) is 11.6. The van der Waals surface area contributed by atoms with Crippen molar-refractivity contribution in [2.45, 2.75) is 19.8 Å². The van der Waals surface area contributed by atoms with Gasteiger partial charge in [0, 0.05) is 17.8 Å². The highest BCUT2D eigenvalue weighted by molar-refractivity contribution is 6.30. The van der Waals surface area contributed by atoms with Gasteiger partial charge in [0.15, 0.2) is 0 Å². The third-order valence-corrected chi connectivity index (χ3v) is 4.70. The van der Waals surface area contributed by atoms with Crippen LogP contribution in [-0.2, 0) is 4.74 Å². The molecule has 0 aliphatic carbocycles. The Morgan fingerprint density at radius 3 is 2.54 bits per heavy atom. The van der Waals surface area contributed by atoms with E-state index in [9.17, 15) is 9.59 Å². The molecule has 2 heterocycles. The van der Waals surface area contributed by atoms with Crippen LogP contribution in [0.1, 0.15) is 36.6 Å².